The van der Waals surface area contributed by atoms with E-state index in [0.29, 0.717) is 12.2 Å². The predicted molar refractivity (Wildman–Crippen MR) is 117 cm³/mol. The summed E-state index contributed by atoms with van der Waals surface area (Å²) in [4.78, 5) is 13.0. The van der Waals surface area contributed by atoms with Gasteiger partial charge in [-0.2, -0.15) is 5.10 Å². The van der Waals surface area contributed by atoms with Crippen LogP contribution in [0.5, 0.6) is 5.75 Å². The first-order chi connectivity index (χ1) is 14.1. The smallest absolute Gasteiger partial charge is 0.278 e. The number of carbonyl (C=O) groups excluding carboxylic acids is 1. The average Bonchev–Trinajstić information content (AvgIpc) is 3.02. The van der Waals surface area contributed by atoms with Crippen molar-refractivity contribution >= 4 is 5.91 Å². The van der Waals surface area contributed by atoms with Gasteiger partial charge in [0.1, 0.15) is 5.75 Å². The maximum absolute atomic E-state index is 13.0. The topological polar surface area (TPSA) is 44.1 Å². The normalized spacial score (nSPS) is 10.9. The first-order valence-electron chi connectivity index (χ1n) is 10.5. The SMILES string of the molecule is CCCCCCOc1ccc(C(=O)n2nc(C)c(Cc3ccccc3)c2C)cc1. The molecule has 0 atom stereocenters. The lowest BCUT2D eigenvalue weighted by molar-refractivity contribution is 0.0942. The molecule has 0 fully saturated rings. The number of aryl methyl sites for hydroxylation is 1. The minimum atomic E-state index is -0.112. The molecule has 0 saturated carbocycles. The number of hydrogen-bond donors (Lipinski definition) is 0. The maximum Gasteiger partial charge on any atom is 0.278 e. The third-order valence-corrected chi connectivity index (χ3v) is 5.23. The zero-order valence-corrected chi connectivity index (χ0v) is 17.6. The Kier molecular flexibility index (Phi) is 7.23. The van der Waals surface area contributed by atoms with E-state index < -0.39 is 0 Å². The number of aromatic nitrogens is 2. The monoisotopic (exact) mass is 390 g/mol. The number of hydrogen-bond acceptors (Lipinski definition) is 3. The molecule has 2 aromatic carbocycles. The molecule has 0 bridgehead atoms. The molecule has 152 valence electrons. The zero-order chi connectivity index (χ0) is 20.6. The van der Waals surface area contributed by atoms with E-state index in [1.165, 1.54) is 29.5 Å². The fraction of sp³-hybridized carbons (Fsp3) is 0.360. The number of carbonyl (C=O) groups is 1. The molecule has 3 aromatic rings. The van der Waals surface area contributed by atoms with E-state index in [-0.39, 0.29) is 5.91 Å². The van der Waals surface area contributed by atoms with Gasteiger partial charge in [0.25, 0.3) is 5.91 Å². The molecule has 29 heavy (non-hydrogen) atoms. The summed E-state index contributed by atoms with van der Waals surface area (Å²) in [6, 6.07) is 17.6. The van der Waals surface area contributed by atoms with Crippen molar-refractivity contribution in [1.82, 2.24) is 9.78 Å². The van der Waals surface area contributed by atoms with Crippen molar-refractivity contribution in [3.05, 3.63) is 82.7 Å². The molecule has 0 aliphatic heterocycles. The molecule has 0 spiro atoms. The highest BCUT2D eigenvalue weighted by Gasteiger charge is 2.18. The van der Waals surface area contributed by atoms with Gasteiger partial charge in [0, 0.05) is 23.2 Å². The third-order valence-electron chi connectivity index (χ3n) is 5.23. The Labute approximate surface area is 173 Å². The number of benzene rings is 2. The van der Waals surface area contributed by atoms with Crippen LogP contribution >= 0.6 is 0 Å². The third kappa shape index (κ3) is 5.35. The molecule has 1 heterocycles. The lowest BCUT2D eigenvalue weighted by Crippen LogP contribution is -2.15. The first-order valence-corrected chi connectivity index (χ1v) is 10.5. The molecular formula is C25H30N2O2. The minimum Gasteiger partial charge on any atom is -0.494 e. The van der Waals surface area contributed by atoms with Crippen LogP contribution < -0.4 is 4.74 Å². The van der Waals surface area contributed by atoms with E-state index in [4.69, 9.17) is 4.74 Å². The molecule has 0 radical (unpaired) electrons. The molecule has 4 nitrogen and oxygen atoms in total. The zero-order valence-electron chi connectivity index (χ0n) is 17.6. The Morgan fingerprint density at radius 2 is 1.69 bits per heavy atom. The molecule has 1 aromatic heterocycles. The number of unbranched alkanes of at least 4 members (excludes halogenated alkanes) is 3. The molecule has 0 unspecified atom stereocenters. The molecular weight excluding hydrogens is 360 g/mol. The summed E-state index contributed by atoms with van der Waals surface area (Å²) in [7, 11) is 0. The summed E-state index contributed by atoms with van der Waals surface area (Å²) in [6.07, 6.45) is 5.49. The molecule has 0 aliphatic rings. The van der Waals surface area contributed by atoms with E-state index in [9.17, 15) is 4.79 Å². The van der Waals surface area contributed by atoms with Gasteiger partial charge in [-0.15, -0.1) is 0 Å². The van der Waals surface area contributed by atoms with Crippen molar-refractivity contribution in [2.75, 3.05) is 6.61 Å². The summed E-state index contributed by atoms with van der Waals surface area (Å²) in [5.41, 5.74) is 4.72. The van der Waals surface area contributed by atoms with Crippen molar-refractivity contribution < 1.29 is 9.53 Å². The standard InChI is InChI=1S/C25H30N2O2/c1-4-5-6-10-17-29-23-15-13-22(14-16-23)25(28)27-20(3)24(19(2)26-27)18-21-11-8-7-9-12-21/h7-9,11-16H,4-6,10,17-18H2,1-3H3. The van der Waals surface area contributed by atoms with E-state index in [1.807, 2.05) is 56.3 Å². The van der Waals surface area contributed by atoms with E-state index >= 15 is 0 Å². The van der Waals surface area contributed by atoms with Crippen molar-refractivity contribution in [3.63, 3.8) is 0 Å². The van der Waals surface area contributed by atoms with Crippen LogP contribution in [0.3, 0.4) is 0 Å². The van der Waals surface area contributed by atoms with Crippen LogP contribution in [-0.4, -0.2) is 22.3 Å². The minimum absolute atomic E-state index is 0.112. The Morgan fingerprint density at radius 3 is 2.38 bits per heavy atom. The second-order valence-electron chi connectivity index (χ2n) is 7.46. The van der Waals surface area contributed by atoms with Crippen molar-refractivity contribution in [3.8, 4) is 5.75 Å². The molecule has 0 N–H and O–H groups in total. The lowest BCUT2D eigenvalue weighted by Gasteiger charge is -2.08. The Balaban J connectivity index is 1.68. The molecule has 4 heteroatoms. The van der Waals surface area contributed by atoms with Crippen LogP contribution in [0.15, 0.2) is 54.6 Å². The number of ether oxygens (including phenoxy) is 1. The summed E-state index contributed by atoms with van der Waals surface area (Å²) < 4.78 is 7.29. The quantitative estimate of drug-likeness (QED) is 0.438. The van der Waals surface area contributed by atoms with E-state index in [1.54, 1.807) is 0 Å². The average molecular weight is 391 g/mol. The summed E-state index contributed by atoms with van der Waals surface area (Å²) in [5.74, 6) is 0.690. The number of rotatable bonds is 9. The second-order valence-corrected chi connectivity index (χ2v) is 7.46. The van der Waals surface area contributed by atoms with Crippen LogP contribution in [0.4, 0.5) is 0 Å². The van der Waals surface area contributed by atoms with Gasteiger partial charge in [-0.1, -0.05) is 56.5 Å². The van der Waals surface area contributed by atoms with Gasteiger partial charge in [0.05, 0.1) is 12.3 Å². The first kappa shape index (κ1) is 20.8. The molecule has 0 amide bonds. The molecule has 0 saturated heterocycles. The fourth-order valence-corrected chi connectivity index (χ4v) is 3.46. The van der Waals surface area contributed by atoms with Crippen molar-refractivity contribution in [2.24, 2.45) is 0 Å². The van der Waals surface area contributed by atoms with Gasteiger partial charge in [0.15, 0.2) is 0 Å². The Hall–Kier alpha value is -2.88. The highest BCUT2D eigenvalue weighted by molar-refractivity contribution is 5.96. The summed E-state index contributed by atoms with van der Waals surface area (Å²) in [6.45, 7) is 6.84. The van der Waals surface area contributed by atoms with E-state index in [0.717, 1.165) is 35.5 Å². The van der Waals surface area contributed by atoms with Gasteiger partial charge >= 0.3 is 0 Å². The maximum atomic E-state index is 13.0. The highest BCUT2D eigenvalue weighted by Crippen LogP contribution is 2.20. The highest BCUT2D eigenvalue weighted by atomic mass is 16.5. The summed E-state index contributed by atoms with van der Waals surface area (Å²) in [5, 5.41) is 4.52. The van der Waals surface area contributed by atoms with Gasteiger partial charge in [-0.25, -0.2) is 4.68 Å². The Bertz CT molecular complexity index is 927. The van der Waals surface area contributed by atoms with Gasteiger partial charge in [-0.3, -0.25) is 4.79 Å². The van der Waals surface area contributed by atoms with Gasteiger partial charge < -0.3 is 4.74 Å². The van der Waals surface area contributed by atoms with Gasteiger partial charge in [-0.05, 0) is 50.1 Å². The lowest BCUT2D eigenvalue weighted by atomic mass is 10.0. The molecule has 0 aliphatic carbocycles. The second kappa shape index (κ2) is 10.1. The Morgan fingerprint density at radius 1 is 0.966 bits per heavy atom. The summed E-state index contributed by atoms with van der Waals surface area (Å²) >= 11 is 0. The van der Waals surface area contributed by atoms with Crippen LogP contribution in [0.1, 0.15) is 65.5 Å². The van der Waals surface area contributed by atoms with Crippen LogP contribution in [0.25, 0.3) is 0 Å². The van der Waals surface area contributed by atoms with Crippen LogP contribution in [-0.2, 0) is 6.42 Å². The van der Waals surface area contributed by atoms with Crippen molar-refractivity contribution in [2.45, 2.75) is 52.9 Å². The number of nitrogens with zero attached hydrogens (tertiary/aromatic N) is 2. The largest absolute Gasteiger partial charge is 0.494 e. The van der Waals surface area contributed by atoms with Crippen LogP contribution in [0, 0.1) is 13.8 Å². The fourth-order valence-electron chi connectivity index (χ4n) is 3.46. The van der Waals surface area contributed by atoms with Crippen molar-refractivity contribution in [1.29, 1.82) is 0 Å². The van der Waals surface area contributed by atoms with Gasteiger partial charge in [0.2, 0.25) is 0 Å². The predicted octanol–water partition coefficient (Wildman–Crippen LogP) is 5.74. The van der Waals surface area contributed by atoms with Crippen LogP contribution in [0.2, 0.25) is 0 Å². The molecule has 3 rings (SSSR count). The van der Waals surface area contributed by atoms with E-state index in [2.05, 4.69) is 24.2 Å².